The highest BCUT2D eigenvalue weighted by Gasteiger charge is 2.42. The number of rotatable bonds is 13. The first-order chi connectivity index (χ1) is 14.9. The molecular weight excluding hydrogens is 426 g/mol. The zero-order valence-electron chi connectivity index (χ0n) is 18.3. The Bertz CT molecular complexity index is 728. The van der Waals surface area contributed by atoms with E-state index in [-0.39, 0.29) is 12.6 Å². The summed E-state index contributed by atoms with van der Waals surface area (Å²) in [5.74, 6) is -4.89. The van der Waals surface area contributed by atoms with Crippen LogP contribution in [0.3, 0.4) is 0 Å². The summed E-state index contributed by atoms with van der Waals surface area (Å²) >= 11 is 0. The van der Waals surface area contributed by atoms with E-state index in [1.165, 1.54) is 5.01 Å². The molecule has 0 fully saturated rings. The Morgan fingerprint density at radius 2 is 1.84 bits per heavy atom. The smallest absolute Gasteiger partial charge is 0.328 e. The van der Waals surface area contributed by atoms with Crippen LogP contribution in [-0.4, -0.2) is 86.9 Å². The summed E-state index contributed by atoms with van der Waals surface area (Å²) in [5.41, 5.74) is 5.21. The van der Waals surface area contributed by atoms with Crippen molar-refractivity contribution < 1.29 is 29.4 Å². The number of nitrogens with one attached hydrogen (secondary N) is 3. The standard InChI is InChI=1S/C17H31N9O6/c1-10(2)14(16(31)32)26(15(30)12(8-13(28)29)21-11(3)27)25-9-24(22-23-25)7-5-4-6-20-17(18)19/h10,12,14H,4-9H2,1-3H3,(H,21,27)(H,28,29)(H,31,32)(H4,18,19,20)/t12-,14-/m0/s1. The molecule has 0 aromatic carbocycles. The monoisotopic (exact) mass is 457 g/mol. The van der Waals surface area contributed by atoms with Crippen molar-refractivity contribution in [3.8, 4) is 0 Å². The van der Waals surface area contributed by atoms with Crippen LogP contribution in [0.5, 0.6) is 0 Å². The summed E-state index contributed by atoms with van der Waals surface area (Å²) in [6.45, 7) is 5.21. The average Bonchev–Trinajstić information content (AvgIpc) is 3.11. The summed E-state index contributed by atoms with van der Waals surface area (Å²) in [6.07, 6.45) is 0.611. The van der Waals surface area contributed by atoms with Gasteiger partial charge in [-0.3, -0.25) is 24.8 Å². The van der Waals surface area contributed by atoms with Gasteiger partial charge in [0.2, 0.25) is 5.91 Å². The number of hydrazine groups is 1. The second-order valence-electron chi connectivity index (χ2n) is 7.53. The van der Waals surface area contributed by atoms with E-state index in [1.54, 1.807) is 13.8 Å². The second kappa shape index (κ2) is 12.3. The van der Waals surface area contributed by atoms with E-state index in [9.17, 15) is 24.3 Å². The van der Waals surface area contributed by atoms with Gasteiger partial charge in [0, 0.05) is 20.0 Å². The molecule has 1 aliphatic heterocycles. The van der Waals surface area contributed by atoms with Crippen molar-refractivity contribution in [2.24, 2.45) is 22.1 Å². The number of nitrogens with two attached hydrogens (primary N) is 1. The van der Waals surface area contributed by atoms with Gasteiger partial charge < -0.3 is 26.6 Å². The molecule has 15 heteroatoms. The molecule has 0 aromatic heterocycles. The zero-order valence-corrected chi connectivity index (χ0v) is 18.3. The first-order valence-corrected chi connectivity index (χ1v) is 10.0. The maximum absolute atomic E-state index is 13.2. The highest BCUT2D eigenvalue weighted by molar-refractivity contribution is 5.92. The predicted octanol–water partition coefficient (Wildman–Crippen LogP) is -1.06. The summed E-state index contributed by atoms with van der Waals surface area (Å²) in [5, 5.41) is 42.2. The molecule has 0 aliphatic carbocycles. The molecule has 0 radical (unpaired) electrons. The molecule has 0 unspecified atom stereocenters. The fourth-order valence-electron chi connectivity index (χ4n) is 3.02. The first kappa shape index (κ1) is 26.4. The van der Waals surface area contributed by atoms with Crippen LogP contribution in [0.15, 0.2) is 10.4 Å². The van der Waals surface area contributed by atoms with Crippen LogP contribution in [0.1, 0.15) is 40.0 Å². The SMILES string of the molecule is CC(=O)N[C@@H](CC(=O)O)C(=O)N([C@H](C(=O)O)C(C)C)N1CN(CCCCNC(=N)N)N=N1. The van der Waals surface area contributed by atoms with E-state index in [0.717, 1.165) is 17.1 Å². The molecule has 1 aliphatic rings. The van der Waals surface area contributed by atoms with Gasteiger partial charge in [0.1, 0.15) is 12.7 Å². The lowest BCUT2D eigenvalue weighted by Gasteiger charge is -2.37. The minimum atomic E-state index is -1.48. The van der Waals surface area contributed by atoms with Crippen molar-refractivity contribution in [3.05, 3.63) is 0 Å². The van der Waals surface area contributed by atoms with Crippen molar-refractivity contribution in [3.63, 3.8) is 0 Å². The molecule has 2 atom stereocenters. The van der Waals surface area contributed by atoms with Crippen molar-refractivity contribution in [1.29, 1.82) is 5.41 Å². The summed E-state index contributed by atoms with van der Waals surface area (Å²) < 4.78 is 0. The Morgan fingerprint density at radius 3 is 2.34 bits per heavy atom. The average molecular weight is 457 g/mol. The maximum atomic E-state index is 13.2. The van der Waals surface area contributed by atoms with E-state index >= 15 is 0 Å². The van der Waals surface area contributed by atoms with Crippen LogP contribution in [0.4, 0.5) is 0 Å². The number of hydrogen-bond acceptors (Lipinski definition) is 9. The fourth-order valence-corrected chi connectivity index (χ4v) is 3.02. The number of carbonyl (C=O) groups is 4. The predicted molar refractivity (Wildman–Crippen MR) is 110 cm³/mol. The zero-order chi connectivity index (χ0) is 24.4. The number of carboxylic acid groups (broad SMARTS) is 2. The number of nitrogens with zero attached hydrogens (tertiary/aromatic N) is 5. The van der Waals surface area contributed by atoms with Gasteiger partial charge in [0.05, 0.1) is 6.42 Å². The Kier molecular flexibility index (Phi) is 10.1. The number of carboxylic acids is 2. The molecule has 180 valence electrons. The highest BCUT2D eigenvalue weighted by atomic mass is 16.4. The molecule has 1 heterocycles. The van der Waals surface area contributed by atoms with Crippen molar-refractivity contribution in [2.75, 3.05) is 19.8 Å². The lowest BCUT2D eigenvalue weighted by molar-refractivity contribution is -0.175. The third kappa shape index (κ3) is 8.23. The molecule has 0 aromatic rings. The summed E-state index contributed by atoms with van der Waals surface area (Å²) in [7, 11) is 0. The van der Waals surface area contributed by atoms with Gasteiger partial charge in [-0.2, -0.15) is 5.12 Å². The van der Waals surface area contributed by atoms with Crippen LogP contribution >= 0.6 is 0 Å². The number of guanidine groups is 1. The first-order valence-electron chi connectivity index (χ1n) is 10.0. The quantitative estimate of drug-likeness (QED) is 0.112. The normalized spacial score (nSPS) is 14.8. The van der Waals surface area contributed by atoms with Gasteiger partial charge >= 0.3 is 11.9 Å². The molecule has 2 amide bonds. The highest BCUT2D eigenvalue weighted by Crippen LogP contribution is 2.21. The molecule has 7 N–H and O–H groups in total. The van der Waals surface area contributed by atoms with Crippen molar-refractivity contribution in [1.82, 2.24) is 25.8 Å². The van der Waals surface area contributed by atoms with Gasteiger partial charge in [0.25, 0.3) is 5.91 Å². The maximum Gasteiger partial charge on any atom is 0.328 e. The van der Waals surface area contributed by atoms with E-state index in [0.29, 0.717) is 25.9 Å². The number of hydrogen-bond donors (Lipinski definition) is 6. The molecule has 32 heavy (non-hydrogen) atoms. The Morgan fingerprint density at radius 1 is 1.19 bits per heavy atom. The number of aliphatic carboxylic acids is 2. The Labute approximate surface area is 185 Å². The molecular formula is C17H31N9O6. The Balaban J connectivity index is 3.00. The number of amides is 2. The van der Waals surface area contributed by atoms with Crippen LogP contribution in [-0.2, 0) is 19.2 Å². The number of carbonyl (C=O) groups excluding carboxylic acids is 2. The van der Waals surface area contributed by atoms with Gasteiger partial charge in [-0.1, -0.05) is 13.8 Å². The van der Waals surface area contributed by atoms with E-state index in [4.69, 9.17) is 16.2 Å². The minimum absolute atomic E-state index is 0.0394. The number of unbranched alkanes of at least 4 members (excludes halogenated alkanes) is 1. The molecule has 0 bridgehead atoms. The van der Waals surface area contributed by atoms with Crippen LogP contribution in [0.2, 0.25) is 0 Å². The molecule has 0 saturated heterocycles. The van der Waals surface area contributed by atoms with Crippen LogP contribution in [0, 0.1) is 11.3 Å². The van der Waals surface area contributed by atoms with E-state index < -0.39 is 48.2 Å². The molecule has 0 spiro atoms. The summed E-state index contributed by atoms with van der Waals surface area (Å²) in [4.78, 5) is 47.9. The van der Waals surface area contributed by atoms with Crippen LogP contribution < -0.4 is 16.4 Å². The lowest BCUT2D eigenvalue weighted by Crippen LogP contribution is -2.60. The second-order valence-corrected chi connectivity index (χ2v) is 7.53. The molecule has 0 saturated carbocycles. The third-order valence-electron chi connectivity index (χ3n) is 4.39. The largest absolute Gasteiger partial charge is 0.481 e. The van der Waals surface area contributed by atoms with Crippen molar-refractivity contribution >= 4 is 29.7 Å². The van der Waals surface area contributed by atoms with E-state index in [2.05, 4.69) is 21.1 Å². The Hall–Kier alpha value is -3.65. The van der Waals surface area contributed by atoms with Gasteiger partial charge in [-0.25, -0.2) is 9.80 Å². The van der Waals surface area contributed by atoms with Crippen molar-refractivity contribution in [2.45, 2.75) is 52.1 Å². The van der Waals surface area contributed by atoms with Gasteiger partial charge in [-0.05, 0) is 29.2 Å². The topological polar surface area (TPSA) is 217 Å². The fraction of sp³-hybridized carbons (Fsp3) is 0.706. The molecule has 15 nitrogen and oxygen atoms in total. The van der Waals surface area contributed by atoms with Gasteiger partial charge in [-0.15, -0.1) is 0 Å². The minimum Gasteiger partial charge on any atom is -0.481 e. The third-order valence-corrected chi connectivity index (χ3v) is 4.39. The van der Waals surface area contributed by atoms with Crippen LogP contribution in [0.25, 0.3) is 0 Å². The lowest BCUT2D eigenvalue weighted by atomic mass is 10.0. The van der Waals surface area contributed by atoms with Gasteiger partial charge in [0.15, 0.2) is 12.0 Å². The molecule has 1 rings (SSSR count). The summed E-state index contributed by atoms with van der Waals surface area (Å²) in [6, 6.07) is -2.85. The van der Waals surface area contributed by atoms with E-state index in [1.807, 2.05) is 0 Å².